The molecule has 0 saturated carbocycles. The van der Waals surface area contributed by atoms with Crippen molar-refractivity contribution in [1.82, 2.24) is 15.6 Å². The molecule has 1 atom stereocenters. The average molecular weight is 318 g/mol. The maximum Gasteiger partial charge on any atom is 0.220 e. The Morgan fingerprint density at radius 3 is 3.09 bits per heavy atom. The molecule has 0 aliphatic carbocycles. The van der Waals surface area contributed by atoms with Crippen LogP contribution in [0.4, 0.5) is 5.82 Å². The van der Waals surface area contributed by atoms with Gasteiger partial charge in [-0.25, -0.2) is 4.98 Å². The molecular formula is C17H26N4O2. The summed E-state index contributed by atoms with van der Waals surface area (Å²) in [5, 5.41) is 6.36. The van der Waals surface area contributed by atoms with Gasteiger partial charge in [0.2, 0.25) is 5.91 Å². The lowest BCUT2D eigenvalue weighted by molar-refractivity contribution is -0.121. The molecule has 0 spiro atoms. The van der Waals surface area contributed by atoms with Crippen LogP contribution in [0.5, 0.6) is 0 Å². The van der Waals surface area contributed by atoms with E-state index >= 15 is 0 Å². The number of nitrogens with one attached hydrogen (secondary N) is 2. The third-order valence-corrected chi connectivity index (χ3v) is 4.58. The third-order valence-electron chi connectivity index (χ3n) is 4.58. The van der Waals surface area contributed by atoms with E-state index in [9.17, 15) is 4.79 Å². The summed E-state index contributed by atoms with van der Waals surface area (Å²) in [6, 6.07) is 4.03. The molecular weight excluding hydrogens is 292 g/mol. The van der Waals surface area contributed by atoms with E-state index in [4.69, 9.17) is 4.74 Å². The van der Waals surface area contributed by atoms with Crippen molar-refractivity contribution in [2.75, 3.05) is 44.3 Å². The summed E-state index contributed by atoms with van der Waals surface area (Å²) in [7, 11) is 0. The smallest absolute Gasteiger partial charge is 0.220 e. The van der Waals surface area contributed by atoms with Crippen LogP contribution in [-0.4, -0.2) is 50.3 Å². The van der Waals surface area contributed by atoms with Crippen LogP contribution >= 0.6 is 0 Å². The summed E-state index contributed by atoms with van der Waals surface area (Å²) in [5.74, 6) is 1.77. The molecule has 0 aromatic carbocycles. The topological polar surface area (TPSA) is 66.5 Å². The predicted molar refractivity (Wildman–Crippen MR) is 89.3 cm³/mol. The number of morpholine rings is 1. The van der Waals surface area contributed by atoms with Gasteiger partial charge in [-0.2, -0.15) is 0 Å². The van der Waals surface area contributed by atoms with Crippen LogP contribution in [0.1, 0.15) is 24.8 Å². The highest BCUT2D eigenvalue weighted by Crippen LogP contribution is 2.15. The number of hydrogen-bond donors (Lipinski definition) is 2. The van der Waals surface area contributed by atoms with Crippen molar-refractivity contribution in [2.24, 2.45) is 5.92 Å². The maximum absolute atomic E-state index is 12.0. The normalized spacial score (nSPS) is 21.4. The molecule has 2 saturated heterocycles. The molecule has 2 aliphatic heterocycles. The van der Waals surface area contributed by atoms with Gasteiger partial charge in [-0.1, -0.05) is 0 Å². The molecule has 23 heavy (non-hydrogen) atoms. The third kappa shape index (κ3) is 4.91. The first-order valence-electron chi connectivity index (χ1n) is 8.56. The first-order valence-corrected chi connectivity index (χ1v) is 8.56. The summed E-state index contributed by atoms with van der Waals surface area (Å²) in [5.41, 5.74) is 1.09. The molecule has 1 aromatic rings. The van der Waals surface area contributed by atoms with Gasteiger partial charge in [0.05, 0.1) is 13.2 Å². The molecule has 0 bridgehead atoms. The minimum atomic E-state index is 0.140. The fourth-order valence-electron chi connectivity index (χ4n) is 3.12. The summed E-state index contributed by atoms with van der Waals surface area (Å²) in [4.78, 5) is 18.6. The van der Waals surface area contributed by atoms with Crippen LogP contribution in [0.15, 0.2) is 18.3 Å². The van der Waals surface area contributed by atoms with E-state index in [1.807, 2.05) is 12.3 Å². The molecule has 2 fully saturated rings. The monoisotopic (exact) mass is 318 g/mol. The average Bonchev–Trinajstić information content (AvgIpc) is 3.13. The van der Waals surface area contributed by atoms with Gasteiger partial charge in [0.15, 0.2) is 0 Å². The highest BCUT2D eigenvalue weighted by atomic mass is 16.5. The summed E-state index contributed by atoms with van der Waals surface area (Å²) >= 11 is 0. The number of pyridine rings is 1. The lowest BCUT2D eigenvalue weighted by Crippen LogP contribution is -2.36. The summed E-state index contributed by atoms with van der Waals surface area (Å²) in [6.07, 6.45) is 4.61. The molecule has 0 radical (unpaired) electrons. The van der Waals surface area contributed by atoms with Crippen LogP contribution in [0.25, 0.3) is 0 Å². The number of ether oxygens (including phenoxy) is 1. The van der Waals surface area contributed by atoms with Gasteiger partial charge >= 0.3 is 0 Å². The Bertz CT molecular complexity index is 511. The number of carbonyl (C=O) groups is 1. The number of nitrogens with zero attached hydrogens (tertiary/aromatic N) is 2. The quantitative estimate of drug-likeness (QED) is 0.817. The van der Waals surface area contributed by atoms with Crippen molar-refractivity contribution in [1.29, 1.82) is 0 Å². The molecule has 3 rings (SSSR count). The number of hydrogen-bond acceptors (Lipinski definition) is 5. The molecule has 3 heterocycles. The van der Waals surface area contributed by atoms with Gasteiger partial charge in [0.25, 0.3) is 0 Å². The summed E-state index contributed by atoms with van der Waals surface area (Å²) < 4.78 is 5.37. The van der Waals surface area contributed by atoms with Crippen molar-refractivity contribution in [3.05, 3.63) is 23.9 Å². The van der Waals surface area contributed by atoms with E-state index in [1.54, 1.807) is 0 Å². The number of anilines is 1. The van der Waals surface area contributed by atoms with Crippen LogP contribution in [0, 0.1) is 5.92 Å². The first kappa shape index (κ1) is 16.2. The van der Waals surface area contributed by atoms with E-state index in [0.29, 0.717) is 18.9 Å². The highest BCUT2D eigenvalue weighted by Gasteiger charge is 2.16. The highest BCUT2D eigenvalue weighted by molar-refractivity contribution is 5.75. The first-order chi connectivity index (χ1) is 11.3. The molecule has 1 aromatic heterocycles. The summed E-state index contributed by atoms with van der Waals surface area (Å²) in [6.45, 7) is 5.96. The Labute approximate surface area is 137 Å². The number of aromatic nitrogens is 1. The van der Waals surface area contributed by atoms with Crippen LogP contribution < -0.4 is 15.5 Å². The van der Waals surface area contributed by atoms with Gasteiger partial charge in [-0.05, 0) is 49.5 Å². The molecule has 1 amide bonds. The van der Waals surface area contributed by atoms with Gasteiger partial charge < -0.3 is 20.3 Å². The molecule has 6 heteroatoms. The number of amides is 1. The molecule has 6 nitrogen and oxygen atoms in total. The Morgan fingerprint density at radius 2 is 2.30 bits per heavy atom. The fourth-order valence-corrected chi connectivity index (χ4v) is 3.12. The van der Waals surface area contributed by atoms with Crippen molar-refractivity contribution in [2.45, 2.75) is 25.8 Å². The van der Waals surface area contributed by atoms with E-state index < -0.39 is 0 Å². The van der Waals surface area contributed by atoms with Crippen molar-refractivity contribution < 1.29 is 9.53 Å². The van der Waals surface area contributed by atoms with E-state index in [-0.39, 0.29) is 5.91 Å². The Balaban J connectivity index is 1.44. The minimum absolute atomic E-state index is 0.140. The van der Waals surface area contributed by atoms with E-state index in [2.05, 4.69) is 26.6 Å². The Hall–Kier alpha value is -1.66. The molecule has 126 valence electrons. The second kappa shape index (κ2) is 8.26. The largest absolute Gasteiger partial charge is 0.378 e. The Morgan fingerprint density at radius 1 is 1.43 bits per heavy atom. The van der Waals surface area contributed by atoms with Crippen molar-refractivity contribution >= 4 is 11.7 Å². The lowest BCUT2D eigenvalue weighted by atomic mass is 10.0. The zero-order valence-corrected chi connectivity index (χ0v) is 13.6. The second-order valence-electron chi connectivity index (χ2n) is 6.30. The maximum atomic E-state index is 12.0. The molecule has 2 aliphatic rings. The number of rotatable bonds is 6. The van der Waals surface area contributed by atoms with Crippen LogP contribution in [0.3, 0.4) is 0 Å². The molecule has 1 unspecified atom stereocenters. The van der Waals surface area contributed by atoms with Crippen LogP contribution in [-0.2, 0) is 16.1 Å². The van der Waals surface area contributed by atoms with Crippen LogP contribution in [0.2, 0.25) is 0 Å². The standard InChI is InChI=1S/C17H26N4O2/c22-17(2-1-14-3-5-18-12-14)20-13-15-4-6-19-16(11-15)21-7-9-23-10-8-21/h4,6,11,14,18H,1-3,5,7-10,12-13H2,(H,20,22). The van der Waals surface area contributed by atoms with Crippen molar-refractivity contribution in [3.63, 3.8) is 0 Å². The van der Waals surface area contributed by atoms with Gasteiger partial charge in [-0.3, -0.25) is 4.79 Å². The van der Waals surface area contributed by atoms with Gasteiger partial charge in [0, 0.05) is 32.3 Å². The molecule has 2 N–H and O–H groups in total. The predicted octanol–water partition coefficient (Wildman–Crippen LogP) is 0.924. The Kier molecular flexibility index (Phi) is 5.82. The number of carbonyl (C=O) groups excluding carboxylic acids is 1. The van der Waals surface area contributed by atoms with Gasteiger partial charge in [-0.15, -0.1) is 0 Å². The van der Waals surface area contributed by atoms with E-state index in [1.165, 1.54) is 6.42 Å². The van der Waals surface area contributed by atoms with Gasteiger partial charge in [0.1, 0.15) is 5.82 Å². The van der Waals surface area contributed by atoms with E-state index in [0.717, 1.165) is 57.2 Å². The SMILES string of the molecule is O=C(CCC1CCNC1)NCc1ccnc(N2CCOCC2)c1. The van der Waals surface area contributed by atoms with Crippen molar-refractivity contribution in [3.8, 4) is 0 Å². The second-order valence-corrected chi connectivity index (χ2v) is 6.30. The zero-order chi connectivity index (χ0) is 15.9. The zero-order valence-electron chi connectivity index (χ0n) is 13.6. The fraction of sp³-hybridized carbons (Fsp3) is 0.647. The minimum Gasteiger partial charge on any atom is -0.378 e. The lowest BCUT2D eigenvalue weighted by Gasteiger charge is -2.28.